The third-order valence-corrected chi connectivity index (χ3v) is 5.97. The first-order chi connectivity index (χ1) is 12.1. The third-order valence-electron chi connectivity index (χ3n) is 4.80. The molecule has 3 nitrogen and oxygen atoms in total. The molecule has 0 spiro atoms. The van der Waals surface area contributed by atoms with E-state index in [1.807, 2.05) is 31.2 Å². The summed E-state index contributed by atoms with van der Waals surface area (Å²) in [6.07, 6.45) is 7.60. The van der Waals surface area contributed by atoms with Crippen LogP contribution < -0.4 is 5.32 Å². The highest BCUT2D eigenvalue weighted by molar-refractivity contribution is 7.16. The SMILES string of the molecule is CCC1CCc2c(sc(NC(=O)/C=C/c3ccc(C)cc3)c2C#N)C1. The number of anilines is 1. The van der Waals surface area contributed by atoms with Gasteiger partial charge in [0.15, 0.2) is 0 Å². The summed E-state index contributed by atoms with van der Waals surface area (Å²) in [4.78, 5) is 13.5. The first-order valence-corrected chi connectivity index (χ1v) is 9.52. The molecule has 1 atom stereocenters. The van der Waals surface area contributed by atoms with Crippen LogP contribution in [-0.4, -0.2) is 5.91 Å². The Kier molecular flexibility index (Phi) is 5.35. The average molecular weight is 350 g/mol. The van der Waals surface area contributed by atoms with Gasteiger partial charge in [0.05, 0.1) is 5.56 Å². The predicted molar refractivity (Wildman–Crippen MR) is 104 cm³/mol. The fourth-order valence-corrected chi connectivity index (χ4v) is 4.53. The lowest BCUT2D eigenvalue weighted by atomic mass is 9.86. The van der Waals surface area contributed by atoms with Gasteiger partial charge in [0.1, 0.15) is 11.1 Å². The molecule has 1 amide bonds. The number of rotatable bonds is 4. The molecule has 0 radical (unpaired) electrons. The molecule has 1 aliphatic carbocycles. The quantitative estimate of drug-likeness (QED) is 0.780. The van der Waals surface area contributed by atoms with Crippen molar-refractivity contribution in [2.24, 2.45) is 5.92 Å². The van der Waals surface area contributed by atoms with Gasteiger partial charge >= 0.3 is 0 Å². The number of nitrogens with one attached hydrogen (secondary N) is 1. The Morgan fingerprint density at radius 1 is 1.40 bits per heavy atom. The molecule has 0 fully saturated rings. The van der Waals surface area contributed by atoms with Crippen LogP contribution in [0.4, 0.5) is 5.00 Å². The molecule has 128 valence electrons. The smallest absolute Gasteiger partial charge is 0.249 e. The van der Waals surface area contributed by atoms with Gasteiger partial charge in [-0.1, -0.05) is 43.2 Å². The molecule has 1 aliphatic rings. The number of thiophene rings is 1. The van der Waals surface area contributed by atoms with E-state index in [1.54, 1.807) is 17.4 Å². The molecule has 4 heteroatoms. The van der Waals surface area contributed by atoms with Crippen molar-refractivity contribution < 1.29 is 4.79 Å². The molecule has 0 saturated heterocycles. The van der Waals surface area contributed by atoms with Crippen LogP contribution in [-0.2, 0) is 17.6 Å². The molecule has 0 aliphatic heterocycles. The van der Waals surface area contributed by atoms with Crippen LogP contribution in [0.25, 0.3) is 6.08 Å². The van der Waals surface area contributed by atoms with E-state index in [4.69, 9.17) is 0 Å². The molecule has 1 aromatic carbocycles. The Morgan fingerprint density at radius 3 is 2.84 bits per heavy atom. The predicted octanol–water partition coefficient (Wildman–Crippen LogP) is 5.10. The van der Waals surface area contributed by atoms with Crippen LogP contribution in [0.3, 0.4) is 0 Å². The molecule has 1 N–H and O–H groups in total. The zero-order valence-electron chi connectivity index (χ0n) is 14.6. The fourth-order valence-electron chi connectivity index (χ4n) is 3.21. The standard InChI is InChI=1S/C21H22N2OS/c1-3-15-8-10-17-18(13-22)21(25-19(17)12-15)23-20(24)11-9-16-6-4-14(2)5-7-16/h4-7,9,11,15H,3,8,10,12H2,1-2H3,(H,23,24)/b11-9+. The lowest BCUT2D eigenvalue weighted by Crippen LogP contribution is -2.12. The summed E-state index contributed by atoms with van der Waals surface area (Å²) in [5, 5.41) is 13.1. The van der Waals surface area contributed by atoms with E-state index in [1.165, 1.54) is 22.9 Å². The number of nitriles is 1. The Bertz CT molecular complexity index is 840. The Balaban J connectivity index is 1.74. The number of nitrogens with zero attached hydrogens (tertiary/aromatic N) is 1. The van der Waals surface area contributed by atoms with Gasteiger partial charge in [0, 0.05) is 11.0 Å². The maximum atomic E-state index is 12.3. The summed E-state index contributed by atoms with van der Waals surface area (Å²) in [5.74, 6) is 0.505. The Morgan fingerprint density at radius 2 is 2.16 bits per heavy atom. The van der Waals surface area contributed by atoms with Crippen LogP contribution >= 0.6 is 11.3 Å². The summed E-state index contributed by atoms with van der Waals surface area (Å²) in [6.45, 7) is 4.25. The summed E-state index contributed by atoms with van der Waals surface area (Å²) >= 11 is 1.57. The first-order valence-electron chi connectivity index (χ1n) is 8.71. The molecule has 1 aromatic heterocycles. The normalized spacial score (nSPS) is 16.4. The minimum Gasteiger partial charge on any atom is -0.313 e. The van der Waals surface area contributed by atoms with Gasteiger partial charge < -0.3 is 5.32 Å². The lowest BCUT2D eigenvalue weighted by molar-refractivity contribution is -0.111. The molecule has 0 bridgehead atoms. The molecular weight excluding hydrogens is 328 g/mol. The molecule has 0 saturated carbocycles. The highest BCUT2D eigenvalue weighted by atomic mass is 32.1. The van der Waals surface area contributed by atoms with Crippen LogP contribution in [0.5, 0.6) is 0 Å². The lowest BCUT2D eigenvalue weighted by Gasteiger charge is -2.20. The van der Waals surface area contributed by atoms with Crippen molar-refractivity contribution in [3.63, 3.8) is 0 Å². The van der Waals surface area contributed by atoms with Crippen molar-refractivity contribution in [3.8, 4) is 6.07 Å². The first kappa shape index (κ1) is 17.4. The minimum absolute atomic E-state index is 0.192. The topological polar surface area (TPSA) is 52.9 Å². The second-order valence-corrected chi connectivity index (χ2v) is 7.68. The largest absolute Gasteiger partial charge is 0.313 e. The van der Waals surface area contributed by atoms with Crippen molar-refractivity contribution in [3.05, 3.63) is 57.5 Å². The van der Waals surface area contributed by atoms with E-state index < -0.39 is 0 Å². The van der Waals surface area contributed by atoms with Gasteiger partial charge in [-0.2, -0.15) is 5.26 Å². The van der Waals surface area contributed by atoms with Gasteiger partial charge in [-0.05, 0) is 49.3 Å². The molecule has 2 aromatic rings. The average Bonchev–Trinajstić information content (AvgIpc) is 2.97. The number of carbonyl (C=O) groups is 1. The summed E-state index contributed by atoms with van der Waals surface area (Å²) in [7, 11) is 0. The van der Waals surface area contributed by atoms with Gasteiger partial charge in [-0.3, -0.25) is 4.79 Å². The van der Waals surface area contributed by atoms with E-state index in [-0.39, 0.29) is 5.91 Å². The third kappa shape index (κ3) is 4.00. The highest BCUT2D eigenvalue weighted by Crippen LogP contribution is 2.39. The number of fused-ring (bicyclic) bond motifs is 1. The molecule has 1 unspecified atom stereocenters. The number of carbonyl (C=O) groups excluding carboxylic acids is 1. The monoisotopic (exact) mass is 350 g/mol. The minimum atomic E-state index is -0.192. The number of benzene rings is 1. The van der Waals surface area contributed by atoms with Crippen LogP contribution in [0.15, 0.2) is 30.3 Å². The second-order valence-electron chi connectivity index (χ2n) is 6.57. The molecular formula is C21H22N2OS. The summed E-state index contributed by atoms with van der Waals surface area (Å²) in [6, 6.07) is 10.3. The maximum Gasteiger partial charge on any atom is 0.249 e. The molecule has 3 rings (SSSR count). The van der Waals surface area contributed by atoms with Crippen LogP contribution in [0.2, 0.25) is 0 Å². The zero-order valence-corrected chi connectivity index (χ0v) is 15.5. The van der Waals surface area contributed by atoms with Gasteiger partial charge in [-0.25, -0.2) is 0 Å². The summed E-state index contributed by atoms with van der Waals surface area (Å²) < 4.78 is 0. The summed E-state index contributed by atoms with van der Waals surface area (Å²) in [5.41, 5.74) is 3.98. The van der Waals surface area contributed by atoms with Gasteiger partial charge in [-0.15, -0.1) is 11.3 Å². The van der Waals surface area contributed by atoms with Gasteiger partial charge in [0.2, 0.25) is 5.91 Å². The van der Waals surface area contributed by atoms with E-state index >= 15 is 0 Å². The van der Waals surface area contributed by atoms with E-state index in [9.17, 15) is 10.1 Å². The van der Waals surface area contributed by atoms with Crippen LogP contribution in [0, 0.1) is 24.2 Å². The van der Waals surface area contributed by atoms with E-state index in [0.717, 1.165) is 30.4 Å². The number of hydrogen-bond acceptors (Lipinski definition) is 3. The number of amides is 1. The van der Waals surface area contributed by atoms with Crippen molar-refractivity contribution in [1.82, 2.24) is 0 Å². The zero-order chi connectivity index (χ0) is 17.8. The fraction of sp³-hybridized carbons (Fsp3) is 0.333. The molecule has 1 heterocycles. The Hall–Kier alpha value is -2.38. The van der Waals surface area contributed by atoms with Crippen molar-refractivity contribution in [2.45, 2.75) is 39.5 Å². The van der Waals surface area contributed by atoms with Gasteiger partial charge in [0.25, 0.3) is 0 Å². The second kappa shape index (κ2) is 7.67. The Labute approximate surface area is 153 Å². The number of hydrogen-bond donors (Lipinski definition) is 1. The van der Waals surface area contributed by atoms with Crippen molar-refractivity contribution in [2.75, 3.05) is 5.32 Å². The molecule has 25 heavy (non-hydrogen) atoms. The number of aryl methyl sites for hydroxylation is 1. The highest BCUT2D eigenvalue weighted by Gasteiger charge is 2.25. The maximum absolute atomic E-state index is 12.3. The van der Waals surface area contributed by atoms with E-state index in [0.29, 0.717) is 16.5 Å². The van der Waals surface area contributed by atoms with Crippen molar-refractivity contribution in [1.29, 1.82) is 5.26 Å². The van der Waals surface area contributed by atoms with Crippen molar-refractivity contribution >= 4 is 28.3 Å². The van der Waals surface area contributed by atoms with E-state index in [2.05, 4.69) is 18.3 Å². The van der Waals surface area contributed by atoms with Crippen LogP contribution in [0.1, 0.15) is 46.9 Å².